The van der Waals surface area contributed by atoms with Gasteiger partial charge in [-0.1, -0.05) is 20.8 Å². The van der Waals surface area contributed by atoms with Crippen LogP contribution in [0.15, 0.2) is 29.8 Å². The standard InChI is InChI=1S/C35H44FN3O7S.BrH/c1-6-43-27-19-23-20-39(34(37)30(23)31(36)33(27)44-7-2)21-25(40)22-17-24(35(3,4)5)32(46-14-9-8-12-29(41)42)26(18-22)45-15-10-11-28-38-13-16-47-28;/h13,16-19,37H,6-12,14-15,20-21H2,1-5H3,(H,41,42);1H. The Morgan fingerprint density at radius 1 is 1.00 bits per heavy atom. The van der Waals surface area contributed by atoms with E-state index in [0.29, 0.717) is 61.7 Å². The summed E-state index contributed by atoms with van der Waals surface area (Å²) in [7, 11) is 0. The Bertz CT molecular complexity index is 1580. The largest absolute Gasteiger partial charge is 0.490 e. The average molecular weight is 751 g/mol. The fraction of sp³-hybridized carbons (Fsp3) is 0.486. The van der Waals surface area contributed by atoms with Crippen LogP contribution < -0.4 is 18.9 Å². The maximum absolute atomic E-state index is 15.6. The monoisotopic (exact) mass is 749 g/mol. The van der Waals surface area contributed by atoms with Crippen molar-refractivity contribution < 1.29 is 38.0 Å². The summed E-state index contributed by atoms with van der Waals surface area (Å²) in [5.74, 6) is -0.682. The summed E-state index contributed by atoms with van der Waals surface area (Å²) in [6, 6.07) is 5.15. The SMILES string of the molecule is Br.CCOc1cc2c(c(F)c1OCC)C(=N)N(CC(=O)c1cc(OCCCc3nccs3)c(OCCCCC(=O)O)c(C(C)(C)C)c1)C2. The van der Waals surface area contributed by atoms with Gasteiger partial charge in [-0.15, -0.1) is 28.3 Å². The molecule has 1 aliphatic heterocycles. The molecule has 0 amide bonds. The van der Waals surface area contributed by atoms with Gasteiger partial charge >= 0.3 is 5.97 Å². The number of aliphatic carboxylic acids is 1. The highest BCUT2D eigenvalue weighted by atomic mass is 79.9. The second kappa shape index (κ2) is 17.6. The van der Waals surface area contributed by atoms with E-state index in [0.717, 1.165) is 17.0 Å². The number of carbonyl (C=O) groups is 2. The van der Waals surface area contributed by atoms with Gasteiger partial charge in [0.05, 0.1) is 43.5 Å². The molecule has 0 saturated heterocycles. The Morgan fingerprint density at radius 3 is 2.35 bits per heavy atom. The average Bonchev–Trinajstić information content (AvgIpc) is 3.64. The highest BCUT2D eigenvalue weighted by molar-refractivity contribution is 8.93. The third kappa shape index (κ3) is 9.68. The molecular formula is C35H45BrFN3O7S. The zero-order valence-electron chi connectivity index (χ0n) is 28.2. The molecule has 262 valence electrons. The van der Waals surface area contributed by atoms with Crippen molar-refractivity contribution in [2.24, 2.45) is 0 Å². The van der Waals surface area contributed by atoms with Crippen LogP contribution in [0.4, 0.5) is 4.39 Å². The molecule has 0 fully saturated rings. The van der Waals surface area contributed by atoms with Gasteiger partial charge in [-0.3, -0.25) is 15.0 Å². The fourth-order valence-electron chi connectivity index (χ4n) is 5.33. The van der Waals surface area contributed by atoms with Crippen LogP contribution in [0, 0.1) is 11.2 Å². The van der Waals surface area contributed by atoms with Crippen molar-refractivity contribution in [1.29, 1.82) is 5.41 Å². The lowest BCUT2D eigenvalue weighted by atomic mass is 9.84. The first-order valence-electron chi connectivity index (χ1n) is 16.0. The molecule has 0 radical (unpaired) electrons. The minimum absolute atomic E-state index is 0. The molecule has 2 N–H and O–H groups in total. The molecule has 0 spiro atoms. The lowest BCUT2D eigenvalue weighted by molar-refractivity contribution is -0.137. The number of amidine groups is 1. The number of aryl methyl sites for hydroxylation is 1. The first-order valence-corrected chi connectivity index (χ1v) is 16.8. The molecule has 13 heteroatoms. The number of carboxylic acid groups (broad SMARTS) is 1. The van der Waals surface area contributed by atoms with Gasteiger partial charge < -0.3 is 29.0 Å². The van der Waals surface area contributed by atoms with E-state index in [1.807, 2.05) is 26.2 Å². The number of ketones is 1. The van der Waals surface area contributed by atoms with Crippen LogP contribution in [0.25, 0.3) is 0 Å². The van der Waals surface area contributed by atoms with Crippen LogP contribution in [0.2, 0.25) is 0 Å². The zero-order chi connectivity index (χ0) is 34.1. The molecule has 4 rings (SSSR count). The number of Topliss-reactive ketones (excluding diaryl/α,β-unsaturated/α-hetero) is 1. The zero-order valence-corrected chi connectivity index (χ0v) is 30.7. The third-order valence-electron chi connectivity index (χ3n) is 7.60. The summed E-state index contributed by atoms with van der Waals surface area (Å²) in [6.07, 6.45) is 4.30. The number of rotatable bonds is 18. The summed E-state index contributed by atoms with van der Waals surface area (Å²) in [5.41, 5.74) is 1.38. The summed E-state index contributed by atoms with van der Waals surface area (Å²) in [5, 5.41) is 20.7. The first-order chi connectivity index (χ1) is 22.4. The number of fused-ring (bicyclic) bond motifs is 1. The molecule has 0 aliphatic carbocycles. The Hall–Kier alpha value is -3.71. The van der Waals surface area contributed by atoms with Gasteiger partial charge in [0, 0.05) is 42.1 Å². The predicted molar refractivity (Wildman–Crippen MR) is 189 cm³/mol. The van der Waals surface area contributed by atoms with E-state index < -0.39 is 17.2 Å². The summed E-state index contributed by atoms with van der Waals surface area (Å²) >= 11 is 1.58. The summed E-state index contributed by atoms with van der Waals surface area (Å²) < 4.78 is 39.3. The fourth-order valence-corrected chi connectivity index (χ4v) is 6.00. The van der Waals surface area contributed by atoms with Gasteiger partial charge in [0.2, 0.25) is 0 Å². The molecule has 2 aromatic carbocycles. The molecule has 0 bridgehead atoms. The maximum Gasteiger partial charge on any atom is 0.303 e. The third-order valence-corrected chi connectivity index (χ3v) is 8.44. The number of nitrogens with one attached hydrogen (secondary N) is 1. The molecule has 1 aliphatic rings. The van der Waals surface area contributed by atoms with E-state index in [1.165, 1.54) is 0 Å². The minimum Gasteiger partial charge on any atom is -0.490 e. The molecule has 0 atom stereocenters. The van der Waals surface area contributed by atoms with E-state index in [2.05, 4.69) is 4.98 Å². The van der Waals surface area contributed by atoms with Gasteiger partial charge in [-0.2, -0.15) is 0 Å². The molecule has 2 heterocycles. The van der Waals surface area contributed by atoms with Crippen molar-refractivity contribution in [3.63, 3.8) is 0 Å². The number of halogens is 2. The minimum atomic E-state index is -0.853. The summed E-state index contributed by atoms with van der Waals surface area (Å²) in [4.78, 5) is 30.7. The Balaban J connectivity index is 0.00000625. The predicted octanol–water partition coefficient (Wildman–Crippen LogP) is 7.62. The van der Waals surface area contributed by atoms with E-state index >= 15 is 4.39 Å². The second-order valence-corrected chi connectivity index (χ2v) is 13.2. The quantitative estimate of drug-likeness (QED) is 0.0996. The second-order valence-electron chi connectivity index (χ2n) is 12.2. The van der Waals surface area contributed by atoms with Crippen molar-refractivity contribution in [2.45, 2.75) is 78.7 Å². The van der Waals surface area contributed by atoms with Crippen molar-refractivity contribution in [3.05, 3.63) is 62.9 Å². The number of hydrogen-bond acceptors (Lipinski definition) is 9. The van der Waals surface area contributed by atoms with Crippen LogP contribution in [-0.4, -0.2) is 65.6 Å². The number of benzene rings is 2. The number of carboxylic acids is 1. The van der Waals surface area contributed by atoms with Crippen molar-refractivity contribution in [3.8, 4) is 23.0 Å². The van der Waals surface area contributed by atoms with E-state index in [9.17, 15) is 9.59 Å². The molecular weight excluding hydrogens is 705 g/mol. The lowest BCUT2D eigenvalue weighted by Gasteiger charge is -2.26. The van der Waals surface area contributed by atoms with Crippen LogP contribution in [-0.2, 0) is 23.2 Å². The molecule has 0 saturated carbocycles. The molecule has 0 unspecified atom stereocenters. The van der Waals surface area contributed by atoms with Crippen LogP contribution >= 0.6 is 28.3 Å². The van der Waals surface area contributed by atoms with Gasteiger partial charge in [-0.25, -0.2) is 9.37 Å². The number of unbranched alkanes of at least 4 members (excludes halogenated alkanes) is 1. The van der Waals surface area contributed by atoms with Gasteiger partial charge in [0.15, 0.2) is 34.6 Å². The topological polar surface area (TPSA) is 131 Å². The normalized spacial score (nSPS) is 12.4. The number of ether oxygens (including phenoxy) is 4. The van der Waals surface area contributed by atoms with Gasteiger partial charge in [-0.05, 0) is 62.3 Å². The van der Waals surface area contributed by atoms with E-state index in [1.54, 1.807) is 54.5 Å². The Kier molecular flexibility index (Phi) is 14.2. The highest BCUT2D eigenvalue weighted by Gasteiger charge is 2.34. The van der Waals surface area contributed by atoms with E-state index in [4.69, 9.17) is 29.5 Å². The smallest absolute Gasteiger partial charge is 0.303 e. The van der Waals surface area contributed by atoms with Gasteiger partial charge in [0.25, 0.3) is 0 Å². The van der Waals surface area contributed by atoms with Crippen LogP contribution in [0.3, 0.4) is 0 Å². The van der Waals surface area contributed by atoms with E-state index in [-0.39, 0.29) is 71.8 Å². The molecule has 3 aromatic rings. The Morgan fingerprint density at radius 2 is 1.71 bits per heavy atom. The van der Waals surface area contributed by atoms with Crippen LogP contribution in [0.5, 0.6) is 23.0 Å². The number of hydrogen-bond donors (Lipinski definition) is 2. The number of aromatic nitrogens is 1. The van der Waals surface area contributed by atoms with Crippen molar-refractivity contribution in [2.75, 3.05) is 33.0 Å². The number of thiazole rings is 1. The maximum atomic E-state index is 15.6. The lowest BCUT2D eigenvalue weighted by Crippen LogP contribution is -2.30. The van der Waals surface area contributed by atoms with Gasteiger partial charge in [0.1, 0.15) is 5.84 Å². The first kappa shape index (κ1) is 38.7. The molecule has 48 heavy (non-hydrogen) atoms. The molecule has 1 aromatic heterocycles. The molecule has 10 nitrogen and oxygen atoms in total. The Labute approximate surface area is 295 Å². The number of carbonyl (C=O) groups excluding carboxylic acids is 1. The van der Waals surface area contributed by atoms with Crippen molar-refractivity contribution >= 4 is 45.9 Å². The highest BCUT2D eigenvalue weighted by Crippen LogP contribution is 2.42. The summed E-state index contributed by atoms with van der Waals surface area (Å²) in [6.45, 7) is 10.8. The number of nitrogens with zero attached hydrogens (tertiary/aromatic N) is 2. The van der Waals surface area contributed by atoms with Crippen LogP contribution in [0.1, 0.15) is 92.4 Å². The van der Waals surface area contributed by atoms with Crippen molar-refractivity contribution in [1.82, 2.24) is 9.88 Å².